The number of nitrogens with two attached hydrogens (primary N) is 1. The van der Waals surface area contributed by atoms with Crippen molar-refractivity contribution in [1.29, 1.82) is 0 Å². The standard InChI is InChI=1S/C12H15NO4/c13-10(14)6-7-12(17,11(15)16)8-9-4-2-1-3-5-9/h1-5,17H,6-8H2,(H2,13,14)(H,15,16)/t12-/m0/s1. The zero-order valence-electron chi connectivity index (χ0n) is 9.30. The molecule has 5 nitrogen and oxygen atoms in total. The summed E-state index contributed by atoms with van der Waals surface area (Å²) in [6, 6.07) is 8.75. The SMILES string of the molecule is NC(=O)CC[C@](O)(Cc1ccccc1)C(=O)O. The number of carbonyl (C=O) groups excluding carboxylic acids is 1. The molecule has 0 saturated heterocycles. The van der Waals surface area contributed by atoms with E-state index < -0.39 is 17.5 Å². The zero-order chi connectivity index (χ0) is 12.9. The fourth-order valence-corrected chi connectivity index (χ4v) is 1.53. The summed E-state index contributed by atoms with van der Waals surface area (Å²) in [4.78, 5) is 21.7. The van der Waals surface area contributed by atoms with Gasteiger partial charge in [-0.15, -0.1) is 0 Å². The van der Waals surface area contributed by atoms with E-state index in [1.54, 1.807) is 30.3 Å². The summed E-state index contributed by atoms with van der Waals surface area (Å²) in [5.41, 5.74) is 3.70. The number of aliphatic carboxylic acids is 1. The number of carboxylic acid groups (broad SMARTS) is 1. The van der Waals surface area contributed by atoms with Crippen LogP contribution in [0.25, 0.3) is 0 Å². The monoisotopic (exact) mass is 237 g/mol. The number of hydrogen-bond acceptors (Lipinski definition) is 3. The lowest BCUT2D eigenvalue weighted by Gasteiger charge is -2.22. The summed E-state index contributed by atoms with van der Waals surface area (Å²) in [5.74, 6) is -1.97. The smallest absolute Gasteiger partial charge is 0.336 e. The van der Waals surface area contributed by atoms with Gasteiger partial charge in [-0.2, -0.15) is 0 Å². The van der Waals surface area contributed by atoms with Crippen LogP contribution in [0.1, 0.15) is 18.4 Å². The van der Waals surface area contributed by atoms with E-state index in [2.05, 4.69) is 0 Å². The first-order chi connectivity index (χ1) is 7.94. The van der Waals surface area contributed by atoms with Gasteiger partial charge in [-0.25, -0.2) is 4.79 Å². The van der Waals surface area contributed by atoms with Crippen LogP contribution >= 0.6 is 0 Å². The topological polar surface area (TPSA) is 101 Å². The van der Waals surface area contributed by atoms with E-state index in [0.29, 0.717) is 5.56 Å². The molecule has 1 rings (SSSR count). The molecule has 0 bridgehead atoms. The minimum Gasteiger partial charge on any atom is -0.479 e. The van der Waals surface area contributed by atoms with Gasteiger partial charge >= 0.3 is 5.97 Å². The maximum Gasteiger partial charge on any atom is 0.336 e. The van der Waals surface area contributed by atoms with Crippen molar-refractivity contribution >= 4 is 11.9 Å². The quantitative estimate of drug-likeness (QED) is 0.662. The molecule has 0 aliphatic rings. The van der Waals surface area contributed by atoms with E-state index in [0.717, 1.165) is 0 Å². The van der Waals surface area contributed by atoms with Crippen molar-refractivity contribution in [2.45, 2.75) is 24.9 Å². The van der Waals surface area contributed by atoms with Crippen LogP contribution in [0.3, 0.4) is 0 Å². The van der Waals surface area contributed by atoms with Crippen LogP contribution in [0.15, 0.2) is 30.3 Å². The molecule has 0 radical (unpaired) electrons. The molecule has 17 heavy (non-hydrogen) atoms. The first-order valence-electron chi connectivity index (χ1n) is 5.22. The lowest BCUT2D eigenvalue weighted by Crippen LogP contribution is -2.41. The van der Waals surface area contributed by atoms with Gasteiger partial charge in [0, 0.05) is 12.8 Å². The summed E-state index contributed by atoms with van der Waals surface area (Å²) in [6.45, 7) is 0. The molecule has 1 aromatic rings. The molecular weight excluding hydrogens is 222 g/mol. The van der Waals surface area contributed by atoms with Gasteiger partial charge in [-0.05, 0) is 12.0 Å². The highest BCUT2D eigenvalue weighted by Gasteiger charge is 2.36. The number of carbonyl (C=O) groups is 2. The lowest BCUT2D eigenvalue weighted by molar-refractivity contribution is -0.159. The Labute approximate surface area is 98.9 Å². The third-order valence-electron chi connectivity index (χ3n) is 2.52. The van der Waals surface area contributed by atoms with Crippen molar-refractivity contribution in [3.8, 4) is 0 Å². The van der Waals surface area contributed by atoms with Crippen LogP contribution in [-0.4, -0.2) is 27.7 Å². The van der Waals surface area contributed by atoms with Crippen LogP contribution < -0.4 is 5.73 Å². The predicted octanol–water partition coefficient (Wildman–Crippen LogP) is 0.310. The van der Waals surface area contributed by atoms with E-state index in [1.165, 1.54) is 0 Å². The van der Waals surface area contributed by atoms with E-state index in [-0.39, 0.29) is 19.3 Å². The molecule has 5 heteroatoms. The Kier molecular flexibility index (Phi) is 4.23. The second-order valence-corrected chi connectivity index (χ2v) is 3.97. The Morgan fingerprint density at radius 3 is 2.29 bits per heavy atom. The molecule has 1 atom stereocenters. The second kappa shape index (κ2) is 5.45. The van der Waals surface area contributed by atoms with E-state index in [1.807, 2.05) is 0 Å². The first-order valence-corrected chi connectivity index (χ1v) is 5.22. The van der Waals surface area contributed by atoms with Crippen molar-refractivity contribution in [3.05, 3.63) is 35.9 Å². The summed E-state index contributed by atoms with van der Waals surface area (Å²) < 4.78 is 0. The molecule has 0 fully saturated rings. The van der Waals surface area contributed by atoms with E-state index in [4.69, 9.17) is 10.8 Å². The minimum absolute atomic E-state index is 0.0452. The fraction of sp³-hybridized carbons (Fsp3) is 0.333. The summed E-state index contributed by atoms with van der Waals surface area (Å²) >= 11 is 0. The average molecular weight is 237 g/mol. The second-order valence-electron chi connectivity index (χ2n) is 3.97. The molecule has 0 unspecified atom stereocenters. The van der Waals surface area contributed by atoms with Gasteiger partial charge in [-0.1, -0.05) is 30.3 Å². The zero-order valence-corrected chi connectivity index (χ0v) is 9.30. The van der Waals surface area contributed by atoms with Crippen molar-refractivity contribution in [2.24, 2.45) is 5.73 Å². The Morgan fingerprint density at radius 1 is 1.24 bits per heavy atom. The Hall–Kier alpha value is -1.88. The van der Waals surface area contributed by atoms with Crippen LogP contribution in [-0.2, 0) is 16.0 Å². The van der Waals surface area contributed by atoms with Gasteiger partial charge < -0.3 is 15.9 Å². The molecule has 0 saturated carbocycles. The number of benzene rings is 1. The fourth-order valence-electron chi connectivity index (χ4n) is 1.53. The number of amides is 1. The molecule has 0 aliphatic heterocycles. The maximum atomic E-state index is 11.0. The molecule has 1 aromatic carbocycles. The highest BCUT2D eigenvalue weighted by molar-refractivity contribution is 5.79. The predicted molar refractivity (Wildman–Crippen MR) is 61.2 cm³/mol. The highest BCUT2D eigenvalue weighted by Crippen LogP contribution is 2.19. The number of aliphatic hydroxyl groups is 1. The average Bonchev–Trinajstić information content (AvgIpc) is 2.27. The van der Waals surface area contributed by atoms with Gasteiger partial charge in [0.1, 0.15) is 0 Å². The summed E-state index contributed by atoms with van der Waals surface area (Å²) in [5, 5.41) is 19.0. The van der Waals surface area contributed by atoms with Crippen LogP contribution in [0, 0.1) is 0 Å². The third kappa shape index (κ3) is 3.88. The molecule has 0 spiro atoms. The van der Waals surface area contributed by atoms with Crippen LogP contribution in [0.5, 0.6) is 0 Å². The van der Waals surface area contributed by atoms with Crippen molar-refractivity contribution in [1.82, 2.24) is 0 Å². The Balaban J connectivity index is 2.78. The largest absolute Gasteiger partial charge is 0.479 e. The first kappa shape index (κ1) is 13.2. The number of primary amides is 1. The molecular formula is C12H15NO4. The van der Waals surface area contributed by atoms with Gasteiger partial charge in [0.15, 0.2) is 5.60 Å². The third-order valence-corrected chi connectivity index (χ3v) is 2.52. The van der Waals surface area contributed by atoms with Crippen molar-refractivity contribution in [2.75, 3.05) is 0 Å². The summed E-state index contributed by atoms with van der Waals surface area (Å²) in [7, 11) is 0. The molecule has 0 aromatic heterocycles. The van der Waals surface area contributed by atoms with E-state index in [9.17, 15) is 14.7 Å². The van der Waals surface area contributed by atoms with Gasteiger partial charge in [0.05, 0.1) is 0 Å². The van der Waals surface area contributed by atoms with Gasteiger partial charge in [-0.3, -0.25) is 4.79 Å². The summed E-state index contributed by atoms with van der Waals surface area (Å²) in [6.07, 6.45) is -0.390. The number of rotatable bonds is 6. The Bertz CT molecular complexity index is 404. The van der Waals surface area contributed by atoms with Crippen molar-refractivity contribution in [3.63, 3.8) is 0 Å². The van der Waals surface area contributed by atoms with Crippen LogP contribution in [0.4, 0.5) is 0 Å². The van der Waals surface area contributed by atoms with Crippen LogP contribution in [0.2, 0.25) is 0 Å². The molecule has 92 valence electrons. The number of hydrogen-bond donors (Lipinski definition) is 3. The van der Waals surface area contributed by atoms with E-state index >= 15 is 0 Å². The molecule has 0 heterocycles. The lowest BCUT2D eigenvalue weighted by atomic mass is 9.90. The normalized spacial score (nSPS) is 13.9. The number of carboxylic acids is 1. The maximum absolute atomic E-state index is 11.0. The molecule has 4 N–H and O–H groups in total. The highest BCUT2D eigenvalue weighted by atomic mass is 16.4. The Morgan fingerprint density at radius 2 is 1.82 bits per heavy atom. The van der Waals surface area contributed by atoms with Crippen molar-refractivity contribution < 1.29 is 19.8 Å². The molecule has 1 amide bonds. The molecule has 0 aliphatic carbocycles. The van der Waals surface area contributed by atoms with Gasteiger partial charge in [0.25, 0.3) is 0 Å². The van der Waals surface area contributed by atoms with Gasteiger partial charge in [0.2, 0.25) is 5.91 Å². The minimum atomic E-state index is -1.95.